The van der Waals surface area contributed by atoms with E-state index < -0.39 is 0 Å². The fourth-order valence-electron chi connectivity index (χ4n) is 2.53. The third-order valence-corrected chi connectivity index (χ3v) is 4.00. The lowest BCUT2D eigenvalue weighted by molar-refractivity contribution is 0.485. The SMILES string of the molecule is O=c1c2ccccc2ccn1Cc1nnc(-c2ccc(Cl)cc2)o1. The second-order valence-electron chi connectivity index (χ2n) is 5.34. The monoisotopic (exact) mass is 337 g/mol. The third-order valence-electron chi connectivity index (χ3n) is 3.75. The lowest BCUT2D eigenvalue weighted by Crippen LogP contribution is -2.20. The summed E-state index contributed by atoms with van der Waals surface area (Å²) in [5, 5.41) is 10.3. The fourth-order valence-corrected chi connectivity index (χ4v) is 2.65. The van der Waals surface area contributed by atoms with Crippen LogP contribution < -0.4 is 5.56 Å². The van der Waals surface area contributed by atoms with Gasteiger partial charge in [0.05, 0.1) is 0 Å². The van der Waals surface area contributed by atoms with E-state index in [0.717, 1.165) is 10.9 Å². The number of aromatic nitrogens is 3. The largest absolute Gasteiger partial charge is 0.419 e. The van der Waals surface area contributed by atoms with E-state index in [9.17, 15) is 4.79 Å². The second kappa shape index (κ2) is 5.94. The van der Waals surface area contributed by atoms with Crippen LogP contribution in [0.4, 0.5) is 0 Å². The van der Waals surface area contributed by atoms with Crippen molar-refractivity contribution in [3.05, 3.63) is 82.1 Å². The van der Waals surface area contributed by atoms with Gasteiger partial charge >= 0.3 is 0 Å². The van der Waals surface area contributed by atoms with E-state index >= 15 is 0 Å². The molecule has 4 rings (SSSR count). The first-order valence-corrected chi connectivity index (χ1v) is 7.75. The summed E-state index contributed by atoms with van der Waals surface area (Å²) in [5.74, 6) is 0.771. The number of hydrogen-bond donors (Lipinski definition) is 0. The van der Waals surface area contributed by atoms with Gasteiger partial charge in [0.15, 0.2) is 0 Å². The van der Waals surface area contributed by atoms with Gasteiger partial charge in [-0.15, -0.1) is 10.2 Å². The zero-order chi connectivity index (χ0) is 16.5. The average molecular weight is 338 g/mol. The molecule has 6 heteroatoms. The highest BCUT2D eigenvalue weighted by Gasteiger charge is 2.10. The highest BCUT2D eigenvalue weighted by Crippen LogP contribution is 2.20. The molecule has 118 valence electrons. The van der Waals surface area contributed by atoms with E-state index in [1.54, 1.807) is 29.0 Å². The quantitative estimate of drug-likeness (QED) is 0.571. The molecular formula is C18H12ClN3O2. The topological polar surface area (TPSA) is 60.9 Å². The van der Waals surface area contributed by atoms with Gasteiger partial charge in [0.1, 0.15) is 6.54 Å². The average Bonchev–Trinajstić information content (AvgIpc) is 3.07. The van der Waals surface area contributed by atoms with Gasteiger partial charge in [-0.2, -0.15) is 0 Å². The third kappa shape index (κ3) is 2.70. The molecule has 2 aromatic heterocycles. The van der Waals surface area contributed by atoms with Crippen LogP contribution in [0.15, 0.2) is 70.0 Å². The van der Waals surface area contributed by atoms with Gasteiger partial charge in [-0.25, -0.2) is 0 Å². The zero-order valence-corrected chi connectivity index (χ0v) is 13.3. The molecule has 0 radical (unpaired) electrons. The van der Waals surface area contributed by atoms with E-state index in [-0.39, 0.29) is 12.1 Å². The summed E-state index contributed by atoms with van der Waals surface area (Å²) in [7, 11) is 0. The molecule has 0 atom stereocenters. The molecule has 0 amide bonds. The minimum atomic E-state index is -0.0839. The summed E-state index contributed by atoms with van der Waals surface area (Å²) in [6.45, 7) is 0.226. The molecule has 0 unspecified atom stereocenters. The number of halogens is 1. The number of hydrogen-bond acceptors (Lipinski definition) is 4. The van der Waals surface area contributed by atoms with Crippen LogP contribution in [0.3, 0.4) is 0 Å². The van der Waals surface area contributed by atoms with E-state index in [0.29, 0.717) is 22.2 Å². The van der Waals surface area contributed by atoms with Crippen molar-refractivity contribution in [3.8, 4) is 11.5 Å². The van der Waals surface area contributed by atoms with Crippen LogP contribution in [0, 0.1) is 0 Å². The van der Waals surface area contributed by atoms with Crippen LogP contribution in [0.1, 0.15) is 5.89 Å². The van der Waals surface area contributed by atoms with Crippen LogP contribution in [-0.4, -0.2) is 14.8 Å². The summed E-state index contributed by atoms with van der Waals surface area (Å²) >= 11 is 5.87. The van der Waals surface area contributed by atoms with Crippen molar-refractivity contribution in [2.75, 3.05) is 0 Å². The summed E-state index contributed by atoms with van der Waals surface area (Å²) in [4.78, 5) is 12.5. The van der Waals surface area contributed by atoms with E-state index in [2.05, 4.69) is 10.2 Å². The molecule has 0 aliphatic rings. The van der Waals surface area contributed by atoms with Crippen molar-refractivity contribution >= 4 is 22.4 Å². The van der Waals surface area contributed by atoms with Crippen LogP contribution in [0.5, 0.6) is 0 Å². The van der Waals surface area contributed by atoms with Gasteiger partial charge in [-0.3, -0.25) is 4.79 Å². The number of pyridine rings is 1. The normalized spacial score (nSPS) is 11.0. The molecule has 0 aliphatic heterocycles. The smallest absolute Gasteiger partial charge is 0.258 e. The molecule has 0 saturated carbocycles. The van der Waals surface area contributed by atoms with Gasteiger partial charge < -0.3 is 8.98 Å². The van der Waals surface area contributed by atoms with Crippen molar-refractivity contribution < 1.29 is 4.42 Å². The maximum atomic E-state index is 12.5. The van der Waals surface area contributed by atoms with Crippen LogP contribution >= 0.6 is 11.6 Å². The maximum Gasteiger partial charge on any atom is 0.258 e. The molecule has 0 saturated heterocycles. The Labute approximate surface area is 142 Å². The van der Waals surface area contributed by atoms with Gasteiger partial charge in [0.25, 0.3) is 5.56 Å². The zero-order valence-electron chi connectivity index (χ0n) is 12.5. The fraction of sp³-hybridized carbons (Fsp3) is 0.0556. The summed E-state index contributed by atoms with van der Waals surface area (Å²) in [5.41, 5.74) is 0.698. The summed E-state index contributed by atoms with van der Waals surface area (Å²) < 4.78 is 7.21. The number of nitrogens with zero attached hydrogens (tertiary/aromatic N) is 3. The lowest BCUT2D eigenvalue weighted by Gasteiger charge is -2.04. The van der Waals surface area contributed by atoms with E-state index in [1.807, 2.05) is 36.4 Å². The minimum absolute atomic E-state index is 0.0839. The first-order valence-electron chi connectivity index (χ1n) is 7.37. The summed E-state index contributed by atoms with van der Waals surface area (Å²) in [6, 6.07) is 16.5. The molecule has 0 aliphatic carbocycles. The predicted molar refractivity (Wildman–Crippen MR) is 92.1 cm³/mol. The van der Waals surface area contributed by atoms with Crippen LogP contribution in [0.2, 0.25) is 5.02 Å². The molecule has 4 aromatic rings. The van der Waals surface area contributed by atoms with Crippen LogP contribution in [0.25, 0.3) is 22.2 Å². The molecule has 2 heterocycles. The predicted octanol–water partition coefficient (Wildman–Crippen LogP) is 3.75. The molecule has 24 heavy (non-hydrogen) atoms. The van der Waals surface area contributed by atoms with Crippen molar-refractivity contribution in [1.29, 1.82) is 0 Å². The van der Waals surface area contributed by atoms with Gasteiger partial charge in [0, 0.05) is 22.2 Å². The van der Waals surface area contributed by atoms with E-state index in [1.165, 1.54) is 0 Å². The number of benzene rings is 2. The summed E-state index contributed by atoms with van der Waals surface area (Å²) in [6.07, 6.45) is 1.73. The number of fused-ring (bicyclic) bond motifs is 1. The Bertz CT molecular complexity index is 1070. The van der Waals surface area contributed by atoms with E-state index in [4.69, 9.17) is 16.0 Å². The Morgan fingerprint density at radius 2 is 1.79 bits per heavy atom. The molecule has 0 spiro atoms. The molecule has 0 fully saturated rings. The molecule has 2 aromatic carbocycles. The Balaban J connectivity index is 1.66. The maximum absolute atomic E-state index is 12.5. The lowest BCUT2D eigenvalue weighted by atomic mass is 10.2. The Hall–Kier alpha value is -2.92. The van der Waals surface area contributed by atoms with Crippen molar-refractivity contribution in [2.45, 2.75) is 6.54 Å². The first kappa shape index (κ1) is 14.7. The standard InChI is InChI=1S/C18H12ClN3O2/c19-14-7-5-13(6-8-14)17-21-20-16(24-17)11-22-10-9-12-3-1-2-4-15(12)18(22)23/h1-10H,11H2. The first-order chi connectivity index (χ1) is 11.7. The van der Waals surface area contributed by atoms with Gasteiger partial charge in [-0.05, 0) is 41.8 Å². The van der Waals surface area contributed by atoms with Crippen molar-refractivity contribution in [2.24, 2.45) is 0 Å². The molecule has 5 nitrogen and oxygen atoms in total. The van der Waals surface area contributed by atoms with Crippen molar-refractivity contribution in [3.63, 3.8) is 0 Å². The minimum Gasteiger partial charge on any atom is -0.419 e. The Morgan fingerprint density at radius 3 is 2.62 bits per heavy atom. The Morgan fingerprint density at radius 1 is 1.00 bits per heavy atom. The molecule has 0 bridgehead atoms. The number of rotatable bonds is 3. The second-order valence-corrected chi connectivity index (χ2v) is 5.78. The Kier molecular flexibility index (Phi) is 3.63. The van der Waals surface area contributed by atoms with Gasteiger partial charge in [0.2, 0.25) is 11.8 Å². The highest BCUT2D eigenvalue weighted by atomic mass is 35.5. The van der Waals surface area contributed by atoms with Crippen LogP contribution in [-0.2, 0) is 6.54 Å². The molecular weight excluding hydrogens is 326 g/mol. The van der Waals surface area contributed by atoms with Gasteiger partial charge in [-0.1, -0.05) is 29.8 Å². The highest BCUT2D eigenvalue weighted by molar-refractivity contribution is 6.30. The van der Waals surface area contributed by atoms with Crippen molar-refractivity contribution in [1.82, 2.24) is 14.8 Å². The molecule has 0 N–H and O–H groups in total.